The molecule has 0 spiro atoms. The van der Waals surface area contributed by atoms with E-state index in [4.69, 9.17) is 16.6 Å². The van der Waals surface area contributed by atoms with Crippen molar-refractivity contribution in [2.24, 2.45) is 4.99 Å². The summed E-state index contributed by atoms with van der Waals surface area (Å²) in [5.74, 6) is 1.77. The number of hydrogen-bond donors (Lipinski definition) is 2. The SMILES string of the molecule is CCNC(=NCCc1nnc2ccccn12)NC1CCN(c2cccc(Cl)c2)C1. The van der Waals surface area contributed by atoms with Gasteiger partial charge in [0, 0.05) is 55.5 Å². The molecule has 2 aromatic heterocycles. The summed E-state index contributed by atoms with van der Waals surface area (Å²) in [6.07, 6.45) is 3.79. The third-order valence-corrected chi connectivity index (χ3v) is 5.27. The summed E-state index contributed by atoms with van der Waals surface area (Å²) < 4.78 is 2.01. The Bertz CT molecular complexity index is 984. The van der Waals surface area contributed by atoms with Crippen molar-refractivity contribution >= 4 is 28.9 Å². The predicted octanol–water partition coefficient (Wildman–Crippen LogP) is 2.76. The third-order valence-electron chi connectivity index (χ3n) is 5.04. The topological polar surface area (TPSA) is 69.8 Å². The molecule has 1 saturated heterocycles. The molecule has 1 aliphatic heterocycles. The average molecular weight is 412 g/mol. The number of rotatable bonds is 6. The number of nitrogens with zero attached hydrogens (tertiary/aromatic N) is 5. The van der Waals surface area contributed by atoms with Gasteiger partial charge in [0.2, 0.25) is 0 Å². The smallest absolute Gasteiger partial charge is 0.191 e. The van der Waals surface area contributed by atoms with Gasteiger partial charge in [0.25, 0.3) is 0 Å². The normalized spacial score (nSPS) is 17.1. The minimum absolute atomic E-state index is 0.348. The largest absolute Gasteiger partial charge is 0.369 e. The van der Waals surface area contributed by atoms with Gasteiger partial charge >= 0.3 is 0 Å². The highest BCUT2D eigenvalue weighted by Gasteiger charge is 2.23. The molecular formula is C21H26ClN7. The van der Waals surface area contributed by atoms with Crippen molar-refractivity contribution in [3.8, 4) is 0 Å². The van der Waals surface area contributed by atoms with E-state index in [-0.39, 0.29) is 0 Å². The van der Waals surface area contributed by atoms with E-state index in [0.29, 0.717) is 12.6 Å². The van der Waals surface area contributed by atoms with E-state index in [1.807, 2.05) is 47.0 Å². The Morgan fingerprint density at radius 3 is 3.03 bits per heavy atom. The molecule has 3 heterocycles. The van der Waals surface area contributed by atoms with E-state index in [2.05, 4.69) is 38.7 Å². The van der Waals surface area contributed by atoms with Crippen LogP contribution in [0.5, 0.6) is 0 Å². The summed E-state index contributed by atoms with van der Waals surface area (Å²) in [4.78, 5) is 7.10. The molecule has 2 N–H and O–H groups in total. The molecule has 1 aromatic carbocycles. The minimum Gasteiger partial charge on any atom is -0.369 e. The molecular weight excluding hydrogens is 386 g/mol. The van der Waals surface area contributed by atoms with Crippen molar-refractivity contribution in [2.45, 2.75) is 25.8 Å². The number of hydrogen-bond acceptors (Lipinski definition) is 4. The molecule has 0 bridgehead atoms. The summed E-state index contributed by atoms with van der Waals surface area (Å²) in [6.45, 7) is 5.49. The van der Waals surface area contributed by atoms with Gasteiger partial charge in [0.15, 0.2) is 11.6 Å². The fraction of sp³-hybridized carbons (Fsp3) is 0.381. The Kier molecular flexibility index (Phi) is 6.14. The number of aliphatic imine (C=N–C) groups is 1. The van der Waals surface area contributed by atoms with Crippen molar-refractivity contribution in [2.75, 3.05) is 31.1 Å². The Morgan fingerprint density at radius 1 is 1.24 bits per heavy atom. The Balaban J connectivity index is 1.35. The van der Waals surface area contributed by atoms with Crippen molar-refractivity contribution in [3.63, 3.8) is 0 Å². The van der Waals surface area contributed by atoms with Gasteiger partial charge in [-0.3, -0.25) is 9.39 Å². The van der Waals surface area contributed by atoms with Crippen molar-refractivity contribution in [3.05, 3.63) is 59.5 Å². The van der Waals surface area contributed by atoms with Crippen LogP contribution in [0, 0.1) is 0 Å². The first-order valence-corrected chi connectivity index (χ1v) is 10.4. The molecule has 0 saturated carbocycles. The molecule has 3 aromatic rings. The first kappa shape index (κ1) is 19.5. The average Bonchev–Trinajstić information content (AvgIpc) is 3.36. The second-order valence-corrected chi connectivity index (χ2v) is 7.55. The van der Waals surface area contributed by atoms with E-state index in [0.717, 1.165) is 54.9 Å². The number of anilines is 1. The number of halogens is 1. The molecule has 0 radical (unpaired) electrons. The predicted molar refractivity (Wildman–Crippen MR) is 118 cm³/mol. The van der Waals surface area contributed by atoms with Crippen LogP contribution in [-0.4, -0.2) is 52.8 Å². The van der Waals surface area contributed by atoms with Crippen LogP contribution in [0.4, 0.5) is 5.69 Å². The van der Waals surface area contributed by atoms with Gasteiger partial charge in [-0.1, -0.05) is 23.7 Å². The molecule has 1 fully saturated rings. The first-order chi connectivity index (χ1) is 14.2. The highest BCUT2D eigenvalue weighted by Crippen LogP contribution is 2.23. The van der Waals surface area contributed by atoms with Crippen LogP contribution < -0.4 is 15.5 Å². The summed E-state index contributed by atoms with van der Waals surface area (Å²) in [5.41, 5.74) is 2.03. The van der Waals surface area contributed by atoms with Gasteiger partial charge in [-0.2, -0.15) is 0 Å². The summed E-state index contributed by atoms with van der Waals surface area (Å²) in [6, 6.07) is 14.3. The Labute approximate surface area is 175 Å². The summed E-state index contributed by atoms with van der Waals surface area (Å²) in [5, 5.41) is 16.2. The lowest BCUT2D eigenvalue weighted by Gasteiger charge is -2.20. The molecule has 0 aliphatic carbocycles. The molecule has 152 valence electrons. The Hall–Kier alpha value is -2.80. The summed E-state index contributed by atoms with van der Waals surface area (Å²) in [7, 11) is 0. The molecule has 7 nitrogen and oxygen atoms in total. The summed E-state index contributed by atoms with van der Waals surface area (Å²) >= 11 is 6.14. The van der Waals surface area contributed by atoms with E-state index < -0.39 is 0 Å². The van der Waals surface area contributed by atoms with Crippen molar-refractivity contribution < 1.29 is 0 Å². The van der Waals surface area contributed by atoms with Gasteiger partial charge < -0.3 is 15.5 Å². The van der Waals surface area contributed by atoms with Crippen LogP contribution in [0.1, 0.15) is 19.2 Å². The van der Waals surface area contributed by atoms with E-state index in [1.54, 1.807) is 0 Å². The number of pyridine rings is 1. The van der Waals surface area contributed by atoms with Crippen molar-refractivity contribution in [1.29, 1.82) is 0 Å². The minimum atomic E-state index is 0.348. The van der Waals surface area contributed by atoms with E-state index >= 15 is 0 Å². The quantitative estimate of drug-likeness (QED) is 0.482. The molecule has 8 heteroatoms. The zero-order valence-electron chi connectivity index (χ0n) is 16.6. The number of guanidine groups is 1. The molecule has 0 amide bonds. The zero-order valence-corrected chi connectivity index (χ0v) is 17.3. The highest BCUT2D eigenvalue weighted by molar-refractivity contribution is 6.30. The third kappa shape index (κ3) is 4.79. The van der Waals surface area contributed by atoms with Crippen LogP contribution in [0.15, 0.2) is 53.7 Å². The van der Waals surface area contributed by atoms with Crippen LogP contribution in [0.3, 0.4) is 0 Å². The molecule has 1 atom stereocenters. The van der Waals surface area contributed by atoms with Crippen LogP contribution in [-0.2, 0) is 6.42 Å². The second-order valence-electron chi connectivity index (χ2n) is 7.11. The molecule has 4 rings (SSSR count). The molecule has 1 unspecified atom stereocenters. The maximum Gasteiger partial charge on any atom is 0.191 e. The molecule has 29 heavy (non-hydrogen) atoms. The van der Waals surface area contributed by atoms with Gasteiger partial charge in [-0.15, -0.1) is 10.2 Å². The first-order valence-electron chi connectivity index (χ1n) is 10.1. The van der Waals surface area contributed by atoms with Gasteiger partial charge in [-0.25, -0.2) is 0 Å². The lowest BCUT2D eigenvalue weighted by atomic mass is 10.2. The number of benzene rings is 1. The monoisotopic (exact) mass is 411 g/mol. The fourth-order valence-electron chi connectivity index (χ4n) is 3.63. The number of aromatic nitrogens is 3. The maximum absolute atomic E-state index is 6.14. The molecule has 1 aliphatic rings. The lowest BCUT2D eigenvalue weighted by Crippen LogP contribution is -2.44. The second kappa shape index (κ2) is 9.13. The van der Waals surface area contributed by atoms with Crippen LogP contribution in [0.2, 0.25) is 5.02 Å². The maximum atomic E-state index is 6.14. The number of nitrogens with one attached hydrogen (secondary N) is 2. The standard InChI is InChI=1S/C21H26ClN7/c1-2-23-21(24-11-9-20-27-26-19-8-3-4-12-29(19)20)25-17-10-13-28(15-17)18-7-5-6-16(22)14-18/h3-8,12,14,17H,2,9-11,13,15H2,1H3,(H2,23,24,25). The Morgan fingerprint density at radius 2 is 2.17 bits per heavy atom. The number of fused-ring (bicyclic) bond motifs is 1. The van der Waals surface area contributed by atoms with Gasteiger partial charge in [-0.05, 0) is 43.7 Å². The van der Waals surface area contributed by atoms with Gasteiger partial charge in [0.05, 0.1) is 0 Å². The van der Waals surface area contributed by atoms with Crippen LogP contribution >= 0.6 is 11.6 Å². The van der Waals surface area contributed by atoms with Crippen molar-refractivity contribution in [1.82, 2.24) is 25.2 Å². The van der Waals surface area contributed by atoms with E-state index in [1.165, 1.54) is 5.69 Å². The van der Waals surface area contributed by atoms with E-state index in [9.17, 15) is 0 Å². The van der Waals surface area contributed by atoms with Gasteiger partial charge in [0.1, 0.15) is 5.82 Å². The fourth-order valence-corrected chi connectivity index (χ4v) is 3.81. The highest BCUT2D eigenvalue weighted by atomic mass is 35.5. The lowest BCUT2D eigenvalue weighted by molar-refractivity contribution is 0.648. The van der Waals surface area contributed by atoms with Crippen LogP contribution in [0.25, 0.3) is 5.65 Å². The zero-order chi connectivity index (χ0) is 20.1.